The summed E-state index contributed by atoms with van der Waals surface area (Å²) in [6.07, 6.45) is 0. The van der Waals surface area contributed by atoms with E-state index >= 15 is 0 Å². The molecule has 0 unspecified atom stereocenters. The van der Waals surface area contributed by atoms with Gasteiger partial charge in [0.1, 0.15) is 4.32 Å². The molecule has 0 fully saturated rings. The molecule has 1 aromatic rings. The normalized spacial score (nSPS) is 9.89. The summed E-state index contributed by atoms with van der Waals surface area (Å²) in [5.74, 6) is -2.22. The molecule has 0 heterocycles. The van der Waals surface area contributed by atoms with Crippen molar-refractivity contribution in [1.29, 1.82) is 0 Å². The molecule has 7 heteroatoms. The zero-order chi connectivity index (χ0) is 13.9. The maximum absolute atomic E-state index is 11.0. The Morgan fingerprint density at radius 3 is 2.28 bits per heavy atom. The molecule has 0 aromatic heterocycles. The van der Waals surface area contributed by atoms with Crippen LogP contribution in [0.2, 0.25) is 0 Å². The smallest absolute Gasteiger partial charge is 0.336 e. The van der Waals surface area contributed by atoms with Crippen LogP contribution in [0, 0.1) is 0 Å². The third kappa shape index (κ3) is 3.44. The van der Waals surface area contributed by atoms with Crippen molar-refractivity contribution in [2.75, 3.05) is 14.1 Å². The van der Waals surface area contributed by atoms with Gasteiger partial charge in [0, 0.05) is 19.0 Å². The SMILES string of the molecule is CN(C)C(=S)Sc1cc(C(=O)O)ccc1C(=O)O. The van der Waals surface area contributed by atoms with E-state index in [0.29, 0.717) is 9.22 Å². The van der Waals surface area contributed by atoms with Crippen LogP contribution in [0.25, 0.3) is 0 Å². The van der Waals surface area contributed by atoms with Crippen LogP contribution < -0.4 is 0 Å². The van der Waals surface area contributed by atoms with Crippen molar-refractivity contribution in [3.05, 3.63) is 29.3 Å². The number of thioether (sulfide) groups is 1. The van der Waals surface area contributed by atoms with E-state index in [1.54, 1.807) is 19.0 Å². The topological polar surface area (TPSA) is 77.8 Å². The first-order valence-electron chi connectivity index (χ1n) is 4.82. The lowest BCUT2D eigenvalue weighted by Gasteiger charge is -2.14. The zero-order valence-corrected chi connectivity index (χ0v) is 11.3. The Labute approximate surface area is 113 Å². The molecule has 1 rings (SSSR count). The Bertz CT molecular complexity index is 514. The first-order chi connectivity index (χ1) is 8.32. The van der Waals surface area contributed by atoms with E-state index < -0.39 is 11.9 Å². The summed E-state index contributed by atoms with van der Waals surface area (Å²) in [4.78, 5) is 23.9. The highest BCUT2D eigenvalue weighted by atomic mass is 32.2. The third-order valence-corrected chi connectivity index (χ3v) is 3.73. The van der Waals surface area contributed by atoms with Gasteiger partial charge in [0.05, 0.1) is 11.1 Å². The van der Waals surface area contributed by atoms with Crippen LogP contribution in [0.15, 0.2) is 23.1 Å². The Morgan fingerprint density at radius 1 is 1.22 bits per heavy atom. The predicted molar refractivity (Wildman–Crippen MR) is 72.5 cm³/mol. The Hall–Kier alpha value is -1.60. The Morgan fingerprint density at radius 2 is 1.83 bits per heavy atom. The van der Waals surface area contributed by atoms with E-state index in [1.807, 2.05) is 0 Å². The number of carbonyl (C=O) groups is 2. The van der Waals surface area contributed by atoms with Crippen LogP contribution in [-0.4, -0.2) is 45.5 Å². The highest BCUT2D eigenvalue weighted by Gasteiger charge is 2.16. The lowest BCUT2D eigenvalue weighted by molar-refractivity contribution is 0.0678. The van der Waals surface area contributed by atoms with E-state index in [1.165, 1.54) is 18.2 Å². The highest BCUT2D eigenvalue weighted by molar-refractivity contribution is 8.23. The molecule has 0 spiro atoms. The molecule has 0 radical (unpaired) electrons. The van der Waals surface area contributed by atoms with Crippen molar-refractivity contribution in [3.63, 3.8) is 0 Å². The molecular weight excluding hydrogens is 274 g/mol. The molecule has 0 saturated heterocycles. The summed E-state index contributed by atoms with van der Waals surface area (Å²) in [6, 6.07) is 3.84. The first kappa shape index (κ1) is 14.5. The molecule has 0 atom stereocenters. The van der Waals surface area contributed by atoms with Crippen molar-refractivity contribution < 1.29 is 19.8 Å². The van der Waals surface area contributed by atoms with Crippen LogP contribution in [0.5, 0.6) is 0 Å². The van der Waals surface area contributed by atoms with Gasteiger partial charge in [0.15, 0.2) is 0 Å². The van der Waals surface area contributed by atoms with Crippen LogP contribution in [0.3, 0.4) is 0 Å². The average Bonchev–Trinajstić information content (AvgIpc) is 2.28. The summed E-state index contributed by atoms with van der Waals surface area (Å²) in [5, 5.41) is 17.9. The van der Waals surface area contributed by atoms with Crippen molar-refractivity contribution in [2.45, 2.75) is 4.90 Å². The van der Waals surface area contributed by atoms with E-state index in [9.17, 15) is 9.59 Å². The molecule has 18 heavy (non-hydrogen) atoms. The van der Waals surface area contributed by atoms with Gasteiger partial charge in [0.2, 0.25) is 0 Å². The lowest BCUT2D eigenvalue weighted by Crippen LogP contribution is -2.16. The fourth-order valence-electron chi connectivity index (χ4n) is 1.10. The highest BCUT2D eigenvalue weighted by Crippen LogP contribution is 2.26. The van der Waals surface area contributed by atoms with Crippen LogP contribution in [0.1, 0.15) is 20.7 Å². The van der Waals surface area contributed by atoms with E-state index in [0.717, 1.165) is 11.8 Å². The number of nitrogens with zero attached hydrogens (tertiary/aromatic N) is 1. The minimum atomic E-state index is -1.11. The molecule has 0 saturated carbocycles. The van der Waals surface area contributed by atoms with Crippen LogP contribution >= 0.6 is 24.0 Å². The molecule has 2 N–H and O–H groups in total. The quantitative estimate of drug-likeness (QED) is 0.649. The molecular formula is C11H11NO4S2. The zero-order valence-electron chi connectivity index (χ0n) is 9.71. The van der Waals surface area contributed by atoms with E-state index in [2.05, 4.69) is 0 Å². The van der Waals surface area contributed by atoms with Crippen molar-refractivity contribution in [1.82, 2.24) is 4.90 Å². The van der Waals surface area contributed by atoms with Gasteiger partial charge in [-0.15, -0.1) is 0 Å². The van der Waals surface area contributed by atoms with Gasteiger partial charge < -0.3 is 15.1 Å². The molecule has 96 valence electrons. The van der Waals surface area contributed by atoms with Gasteiger partial charge in [0.25, 0.3) is 0 Å². The molecule has 1 aromatic carbocycles. The molecule has 5 nitrogen and oxygen atoms in total. The van der Waals surface area contributed by atoms with Gasteiger partial charge in [-0.3, -0.25) is 0 Å². The maximum atomic E-state index is 11.0. The Balaban J connectivity index is 3.19. The largest absolute Gasteiger partial charge is 0.478 e. The van der Waals surface area contributed by atoms with E-state index in [4.69, 9.17) is 22.4 Å². The second-order valence-corrected chi connectivity index (χ2v) is 5.26. The number of rotatable bonds is 3. The number of carboxylic acid groups (broad SMARTS) is 2. The average molecular weight is 285 g/mol. The maximum Gasteiger partial charge on any atom is 0.336 e. The summed E-state index contributed by atoms with van der Waals surface area (Å²) < 4.78 is 0.458. The molecule has 0 aliphatic heterocycles. The number of thiocarbonyl (C=S) groups is 1. The predicted octanol–water partition coefficient (Wildman–Crippen LogP) is 2.02. The summed E-state index contributed by atoms with van der Waals surface area (Å²) >= 11 is 6.12. The molecule has 0 amide bonds. The number of carboxylic acids is 2. The van der Waals surface area contributed by atoms with Gasteiger partial charge in [-0.1, -0.05) is 24.0 Å². The van der Waals surface area contributed by atoms with E-state index in [-0.39, 0.29) is 11.1 Å². The second kappa shape index (κ2) is 5.83. The van der Waals surface area contributed by atoms with Crippen molar-refractivity contribution >= 4 is 40.2 Å². The molecule has 0 aliphatic rings. The molecule has 0 aliphatic carbocycles. The standard InChI is InChI=1S/C11H11NO4S2/c1-12(2)11(17)18-8-5-6(9(13)14)3-4-7(8)10(15)16/h3-5H,1-2H3,(H,13,14)(H,15,16). The lowest BCUT2D eigenvalue weighted by atomic mass is 10.1. The van der Waals surface area contributed by atoms with Gasteiger partial charge >= 0.3 is 11.9 Å². The minimum Gasteiger partial charge on any atom is -0.478 e. The van der Waals surface area contributed by atoms with Crippen LogP contribution in [0.4, 0.5) is 0 Å². The minimum absolute atomic E-state index is 0.0315. The van der Waals surface area contributed by atoms with Crippen LogP contribution in [-0.2, 0) is 0 Å². The van der Waals surface area contributed by atoms with Crippen molar-refractivity contribution in [3.8, 4) is 0 Å². The van der Waals surface area contributed by atoms with Gasteiger partial charge in [-0.25, -0.2) is 9.59 Å². The summed E-state index contributed by atoms with van der Waals surface area (Å²) in [5.41, 5.74) is 0.0678. The molecule has 0 bridgehead atoms. The fraction of sp³-hybridized carbons (Fsp3) is 0.182. The second-order valence-electron chi connectivity index (χ2n) is 3.58. The number of aromatic carboxylic acids is 2. The van der Waals surface area contributed by atoms with Gasteiger partial charge in [-0.2, -0.15) is 0 Å². The number of hydrogen-bond donors (Lipinski definition) is 2. The first-order valence-corrected chi connectivity index (χ1v) is 6.05. The van der Waals surface area contributed by atoms with Crippen molar-refractivity contribution in [2.24, 2.45) is 0 Å². The monoisotopic (exact) mass is 285 g/mol. The third-order valence-electron chi connectivity index (χ3n) is 2.02. The summed E-state index contributed by atoms with van der Waals surface area (Å²) in [7, 11) is 3.47. The Kier molecular flexibility index (Phi) is 4.69. The summed E-state index contributed by atoms with van der Waals surface area (Å²) in [6.45, 7) is 0. The van der Waals surface area contributed by atoms with Gasteiger partial charge in [-0.05, 0) is 18.2 Å². The number of hydrogen-bond acceptors (Lipinski definition) is 4. The number of benzene rings is 1. The fourth-order valence-corrected chi connectivity index (χ4v) is 2.19.